The molecule has 150 valence electrons. The number of thioether (sulfide) groups is 1. The first-order valence-corrected chi connectivity index (χ1v) is 10.8. The van der Waals surface area contributed by atoms with Gasteiger partial charge in [-0.05, 0) is 41.5 Å². The van der Waals surface area contributed by atoms with E-state index in [-0.39, 0.29) is 0 Å². The van der Waals surface area contributed by atoms with Gasteiger partial charge in [0.15, 0.2) is 0 Å². The number of phenolic OH excluding ortho intramolecular Hbond substituents is 1. The summed E-state index contributed by atoms with van der Waals surface area (Å²) >= 11 is 1.86. The van der Waals surface area contributed by atoms with Crippen molar-refractivity contribution < 1.29 is 15.0 Å². The number of nitrogens with zero attached hydrogens (tertiary/aromatic N) is 1. The molecular formula is C23H24N2O3S. The fourth-order valence-electron chi connectivity index (χ4n) is 3.75. The Labute approximate surface area is 174 Å². The van der Waals surface area contributed by atoms with Crippen LogP contribution in [0.3, 0.4) is 0 Å². The normalized spacial score (nSPS) is 17.0. The molecule has 3 aromatic rings. The molecule has 5 nitrogen and oxygen atoms in total. The molecule has 2 heterocycles. The van der Waals surface area contributed by atoms with Gasteiger partial charge < -0.3 is 15.2 Å². The van der Waals surface area contributed by atoms with Gasteiger partial charge in [-0.3, -0.25) is 4.90 Å². The zero-order valence-corrected chi connectivity index (χ0v) is 16.9. The van der Waals surface area contributed by atoms with Crippen molar-refractivity contribution in [1.29, 1.82) is 0 Å². The second-order valence-corrected chi connectivity index (χ2v) is 8.43. The van der Waals surface area contributed by atoms with Crippen LogP contribution in [0.1, 0.15) is 27.4 Å². The highest BCUT2D eigenvalue weighted by atomic mass is 32.2. The van der Waals surface area contributed by atoms with E-state index in [9.17, 15) is 15.0 Å². The summed E-state index contributed by atoms with van der Waals surface area (Å²) in [4.78, 5) is 16.9. The maximum absolute atomic E-state index is 11.2. The van der Waals surface area contributed by atoms with Gasteiger partial charge in [0, 0.05) is 54.2 Å². The molecule has 0 aliphatic carbocycles. The van der Waals surface area contributed by atoms with E-state index in [1.54, 1.807) is 18.2 Å². The van der Waals surface area contributed by atoms with E-state index in [0.29, 0.717) is 17.2 Å². The molecule has 0 bridgehead atoms. The first kappa shape index (κ1) is 19.6. The van der Waals surface area contributed by atoms with Crippen molar-refractivity contribution in [3.05, 3.63) is 77.5 Å². The summed E-state index contributed by atoms with van der Waals surface area (Å²) in [7, 11) is 0. The molecule has 4 rings (SSSR count). The lowest BCUT2D eigenvalue weighted by Crippen LogP contribution is -2.33. The third kappa shape index (κ3) is 4.66. The van der Waals surface area contributed by atoms with E-state index < -0.39 is 5.97 Å². The van der Waals surface area contributed by atoms with Crippen molar-refractivity contribution in [1.82, 2.24) is 9.88 Å². The van der Waals surface area contributed by atoms with E-state index in [4.69, 9.17) is 0 Å². The topological polar surface area (TPSA) is 76.6 Å². The van der Waals surface area contributed by atoms with Crippen LogP contribution < -0.4 is 0 Å². The highest BCUT2D eigenvalue weighted by molar-refractivity contribution is 7.98. The summed E-state index contributed by atoms with van der Waals surface area (Å²) in [6, 6.07) is 12.7. The molecule has 29 heavy (non-hydrogen) atoms. The average Bonchev–Trinajstić information content (AvgIpc) is 3.13. The molecule has 2 aromatic carbocycles. The number of nitrogens with one attached hydrogen (secondary N) is 1. The number of hydrogen-bond acceptors (Lipinski definition) is 4. The first-order valence-electron chi connectivity index (χ1n) is 9.69. The van der Waals surface area contributed by atoms with Gasteiger partial charge >= 0.3 is 5.97 Å². The van der Waals surface area contributed by atoms with Crippen LogP contribution in [0.4, 0.5) is 0 Å². The minimum Gasteiger partial charge on any atom is -0.508 e. The molecule has 0 fully saturated rings. The molecule has 1 aliphatic heterocycles. The number of carbonyl (C=O) groups is 1. The lowest BCUT2D eigenvalue weighted by atomic mass is 9.95. The van der Waals surface area contributed by atoms with Gasteiger partial charge in [-0.2, -0.15) is 11.8 Å². The van der Waals surface area contributed by atoms with Crippen molar-refractivity contribution in [2.75, 3.05) is 25.4 Å². The van der Waals surface area contributed by atoms with E-state index in [2.05, 4.69) is 28.1 Å². The number of fused-ring (bicyclic) bond motifs is 1. The fourth-order valence-corrected chi connectivity index (χ4v) is 4.74. The van der Waals surface area contributed by atoms with Crippen LogP contribution >= 0.6 is 11.8 Å². The highest BCUT2D eigenvalue weighted by Gasteiger charge is 2.17. The quantitative estimate of drug-likeness (QED) is 0.397. The molecule has 1 unspecified atom stereocenters. The minimum absolute atomic E-state index is 0.309. The van der Waals surface area contributed by atoms with Gasteiger partial charge in [-0.15, -0.1) is 0 Å². The second-order valence-electron chi connectivity index (χ2n) is 7.32. The van der Waals surface area contributed by atoms with Crippen LogP contribution in [-0.4, -0.2) is 51.5 Å². The third-order valence-corrected chi connectivity index (χ3v) is 6.30. The van der Waals surface area contributed by atoms with E-state index in [0.717, 1.165) is 53.2 Å². The first-order chi connectivity index (χ1) is 14.1. The summed E-state index contributed by atoms with van der Waals surface area (Å²) in [5.74, 6) is 1.58. The largest absolute Gasteiger partial charge is 0.508 e. The van der Waals surface area contributed by atoms with Crippen molar-refractivity contribution in [3.8, 4) is 5.75 Å². The number of aromatic amines is 1. The maximum Gasteiger partial charge on any atom is 0.335 e. The second kappa shape index (κ2) is 8.76. The number of carboxylic acid groups (broad SMARTS) is 1. The fraction of sp³-hybridized carbons (Fsp3) is 0.261. The van der Waals surface area contributed by atoms with Gasteiger partial charge in [0.25, 0.3) is 0 Å². The van der Waals surface area contributed by atoms with Crippen molar-refractivity contribution >= 4 is 28.6 Å². The Bertz CT molecular complexity index is 1040. The van der Waals surface area contributed by atoms with Crippen LogP contribution in [0.2, 0.25) is 0 Å². The van der Waals surface area contributed by atoms with Gasteiger partial charge in [-0.25, -0.2) is 4.79 Å². The molecule has 0 saturated heterocycles. The number of benzene rings is 2. The molecule has 1 aromatic heterocycles. The lowest BCUT2D eigenvalue weighted by Gasteiger charge is -2.29. The SMILES string of the molecule is O=C(O)c1ccc2[nH]cc(CSCCN3CC=CC(c4cccc(O)c4)C3)c2c1. The predicted molar refractivity (Wildman–Crippen MR) is 118 cm³/mol. The predicted octanol–water partition coefficient (Wildman–Crippen LogP) is 4.46. The van der Waals surface area contributed by atoms with Gasteiger partial charge in [0.1, 0.15) is 5.75 Å². The van der Waals surface area contributed by atoms with E-state index in [1.807, 2.05) is 36.2 Å². The summed E-state index contributed by atoms with van der Waals surface area (Å²) in [5.41, 5.74) is 3.58. The highest BCUT2D eigenvalue weighted by Crippen LogP contribution is 2.26. The number of aromatic nitrogens is 1. The zero-order valence-electron chi connectivity index (χ0n) is 16.0. The van der Waals surface area contributed by atoms with Gasteiger partial charge in [0.05, 0.1) is 5.56 Å². The van der Waals surface area contributed by atoms with E-state index >= 15 is 0 Å². The average molecular weight is 409 g/mol. The number of hydrogen-bond donors (Lipinski definition) is 3. The molecule has 3 N–H and O–H groups in total. The monoisotopic (exact) mass is 408 g/mol. The third-order valence-electron chi connectivity index (χ3n) is 5.31. The Morgan fingerprint density at radius 3 is 2.97 bits per heavy atom. The Hall–Kier alpha value is -2.70. The number of H-pyrrole nitrogens is 1. The summed E-state index contributed by atoms with van der Waals surface area (Å²) in [6.07, 6.45) is 6.41. The molecule has 0 amide bonds. The Morgan fingerprint density at radius 2 is 2.14 bits per heavy atom. The molecule has 0 radical (unpaired) electrons. The summed E-state index contributed by atoms with van der Waals surface area (Å²) < 4.78 is 0. The van der Waals surface area contributed by atoms with Crippen LogP contribution in [0, 0.1) is 0 Å². The number of phenols is 1. The molecule has 6 heteroatoms. The Morgan fingerprint density at radius 1 is 1.24 bits per heavy atom. The number of aromatic carboxylic acids is 1. The van der Waals surface area contributed by atoms with Crippen molar-refractivity contribution in [2.45, 2.75) is 11.7 Å². The number of carboxylic acids is 1. The standard InChI is InChI=1S/C23H24N2O3S/c26-20-5-1-3-16(11-20)18-4-2-8-25(14-18)9-10-29-15-19-13-24-22-7-6-17(23(27)28)12-21(19)22/h1-7,11-13,18,24,26H,8-10,14-15H2,(H,27,28). The maximum atomic E-state index is 11.2. The van der Waals surface area contributed by atoms with E-state index in [1.165, 1.54) is 0 Å². The number of rotatable bonds is 7. The zero-order chi connectivity index (χ0) is 20.2. The lowest BCUT2D eigenvalue weighted by molar-refractivity contribution is 0.0697. The van der Waals surface area contributed by atoms with Gasteiger partial charge in [0.2, 0.25) is 0 Å². The van der Waals surface area contributed by atoms with Crippen LogP contribution in [0.15, 0.2) is 60.8 Å². The summed E-state index contributed by atoms with van der Waals surface area (Å²) in [5, 5.41) is 19.9. The Balaban J connectivity index is 1.31. The minimum atomic E-state index is -0.897. The smallest absolute Gasteiger partial charge is 0.335 e. The van der Waals surface area contributed by atoms with Crippen LogP contribution in [-0.2, 0) is 5.75 Å². The van der Waals surface area contributed by atoms with Gasteiger partial charge in [-0.1, -0.05) is 24.3 Å². The van der Waals surface area contributed by atoms with Crippen molar-refractivity contribution in [2.24, 2.45) is 0 Å². The number of aromatic hydroxyl groups is 1. The molecule has 1 aliphatic rings. The molecule has 1 atom stereocenters. The molecule has 0 spiro atoms. The van der Waals surface area contributed by atoms with Crippen LogP contribution in [0.25, 0.3) is 10.9 Å². The summed E-state index contributed by atoms with van der Waals surface area (Å²) in [6.45, 7) is 2.90. The van der Waals surface area contributed by atoms with Crippen LogP contribution in [0.5, 0.6) is 5.75 Å². The van der Waals surface area contributed by atoms with Crippen molar-refractivity contribution in [3.63, 3.8) is 0 Å². The Kier molecular flexibility index (Phi) is 5.92. The molecule has 0 saturated carbocycles. The molecular weight excluding hydrogens is 384 g/mol.